The average Bonchev–Trinajstić information content (AvgIpc) is 3.19. The molecule has 1 amide bonds. The number of nitrogens with one attached hydrogen (secondary N) is 1. The summed E-state index contributed by atoms with van der Waals surface area (Å²) >= 11 is 0. The lowest BCUT2D eigenvalue weighted by Crippen LogP contribution is -2.30. The van der Waals surface area contributed by atoms with Crippen LogP contribution >= 0.6 is 0 Å². The van der Waals surface area contributed by atoms with Gasteiger partial charge in [-0.2, -0.15) is 0 Å². The Kier molecular flexibility index (Phi) is 6.23. The van der Waals surface area contributed by atoms with E-state index < -0.39 is 29.6 Å². The minimum atomic E-state index is -1.19. The lowest BCUT2D eigenvalue weighted by atomic mass is 10.2. The summed E-state index contributed by atoms with van der Waals surface area (Å²) in [5, 5.41) is 2.34. The topological polar surface area (TPSA) is 77.8 Å². The first kappa shape index (κ1) is 20.1. The molecule has 0 spiro atoms. The minimum absolute atomic E-state index is 0.0372. The fourth-order valence-corrected chi connectivity index (χ4v) is 2.33. The van der Waals surface area contributed by atoms with Gasteiger partial charge in [-0.1, -0.05) is 18.2 Å². The van der Waals surface area contributed by atoms with Crippen molar-refractivity contribution in [3.63, 3.8) is 0 Å². The minimum Gasteiger partial charge on any atom is -0.486 e. The van der Waals surface area contributed by atoms with Crippen LogP contribution in [0, 0.1) is 11.6 Å². The lowest BCUT2D eigenvalue weighted by molar-refractivity contribution is -0.123. The summed E-state index contributed by atoms with van der Waals surface area (Å²) in [4.78, 5) is 24.2. The summed E-state index contributed by atoms with van der Waals surface area (Å²) in [6, 6.07) is 14.9. The van der Waals surface area contributed by atoms with Gasteiger partial charge in [0.15, 0.2) is 17.7 Å². The summed E-state index contributed by atoms with van der Waals surface area (Å²) in [5.74, 6) is -2.73. The molecule has 1 heterocycles. The highest BCUT2D eigenvalue weighted by Crippen LogP contribution is 2.16. The highest BCUT2D eigenvalue weighted by molar-refractivity contribution is 5.96. The third-order valence-electron chi connectivity index (χ3n) is 3.83. The maximum atomic E-state index is 13.2. The zero-order valence-electron chi connectivity index (χ0n) is 15.4. The first-order chi connectivity index (χ1) is 13.9. The second kappa shape index (κ2) is 9.01. The smallest absolute Gasteiger partial charge is 0.375 e. The molecule has 0 unspecified atom stereocenters. The number of halogens is 2. The summed E-state index contributed by atoms with van der Waals surface area (Å²) in [5.41, 5.74) is 0.0372. The zero-order valence-corrected chi connectivity index (χ0v) is 15.4. The molecule has 29 heavy (non-hydrogen) atoms. The van der Waals surface area contributed by atoms with Crippen LogP contribution in [0.2, 0.25) is 0 Å². The maximum Gasteiger partial charge on any atom is 0.375 e. The molecule has 0 radical (unpaired) electrons. The number of carbonyl (C=O) groups is 2. The van der Waals surface area contributed by atoms with E-state index in [0.717, 1.165) is 12.1 Å². The van der Waals surface area contributed by atoms with Gasteiger partial charge in [-0.3, -0.25) is 4.79 Å². The number of para-hydroxylation sites is 1. The summed E-state index contributed by atoms with van der Waals surface area (Å²) < 4.78 is 42.1. The summed E-state index contributed by atoms with van der Waals surface area (Å²) in [7, 11) is 0. The van der Waals surface area contributed by atoms with Crippen LogP contribution in [-0.4, -0.2) is 18.0 Å². The monoisotopic (exact) mass is 401 g/mol. The number of hydrogen-bond donors (Lipinski definition) is 1. The van der Waals surface area contributed by atoms with Crippen molar-refractivity contribution in [2.24, 2.45) is 0 Å². The molecule has 150 valence electrons. The van der Waals surface area contributed by atoms with Gasteiger partial charge < -0.3 is 19.2 Å². The third-order valence-corrected chi connectivity index (χ3v) is 3.83. The molecule has 6 nitrogen and oxygen atoms in total. The first-order valence-corrected chi connectivity index (χ1v) is 8.66. The molecule has 0 fully saturated rings. The molecule has 1 atom stereocenters. The molecule has 3 aromatic rings. The molecule has 0 saturated carbocycles. The van der Waals surface area contributed by atoms with E-state index in [-0.39, 0.29) is 18.1 Å². The predicted molar refractivity (Wildman–Crippen MR) is 99.3 cm³/mol. The van der Waals surface area contributed by atoms with Crippen molar-refractivity contribution in [2.45, 2.75) is 19.6 Å². The van der Waals surface area contributed by atoms with Gasteiger partial charge in [-0.15, -0.1) is 0 Å². The number of anilines is 1. The lowest BCUT2D eigenvalue weighted by Gasteiger charge is -2.12. The van der Waals surface area contributed by atoms with Crippen molar-refractivity contribution < 1.29 is 32.3 Å². The van der Waals surface area contributed by atoms with Crippen LogP contribution in [0.1, 0.15) is 23.2 Å². The van der Waals surface area contributed by atoms with Crippen LogP contribution in [0.4, 0.5) is 14.5 Å². The van der Waals surface area contributed by atoms with Crippen molar-refractivity contribution >= 4 is 17.6 Å². The molecule has 3 rings (SSSR count). The van der Waals surface area contributed by atoms with Gasteiger partial charge in [-0.25, -0.2) is 13.6 Å². The van der Waals surface area contributed by atoms with Gasteiger partial charge in [0.05, 0.1) is 0 Å². The van der Waals surface area contributed by atoms with E-state index in [0.29, 0.717) is 11.5 Å². The van der Waals surface area contributed by atoms with Crippen LogP contribution < -0.4 is 10.1 Å². The van der Waals surface area contributed by atoms with E-state index in [9.17, 15) is 18.4 Å². The average molecular weight is 401 g/mol. The standard InChI is InChI=1S/C21H17F2NO5/c1-13(20(25)24-14-7-9-17(22)18(23)11-14)28-21(26)19-10-8-16(29-19)12-27-15-5-3-2-4-6-15/h2-11,13H,12H2,1H3,(H,24,25)/t13-/m0/s1. The van der Waals surface area contributed by atoms with Crippen LogP contribution in [0.3, 0.4) is 0 Å². The zero-order chi connectivity index (χ0) is 20.8. The van der Waals surface area contributed by atoms with Crippen molar-refractivity contribution in [1.29, 1.82) is 0 Å². The van der Waals surface area contributed by atoms with Crippen LogP contribution in [0.5, 0.6) is 5.75 Å². The predicted octanol–water partition coefficient (Wildman–Crippen LogP) is 4.32. The number of benzene rings is 2. The van der Waals surface area contributed by atoms with Gasteiger partial charge in [0.2, 0.25) is 5.76 Å². The highest BCUT2D eigenvalue weighted by atomic mass is 19.2. The van der Waals surface area contributed by atoms with Crippen LogP contribution in [-0.2, 0) is 16.1 Å². The van der Waals surface area contributed by atoms with Crippen molar-refractivity contribution in [3.05, 3.63) is 83.8 Å². The highest BCUT2D eigenvalue weighted by Gasteiger charge is 2.21. The Balaban J connectivity index is 1.53. The van der Waals surface area contributed by atoms with Crippen molar-refractivity contribution in [1.82, 2.24) is 0 Å². The van der Waals surface area contributed by atoms with Gasteiger partial charge in [0, 0.05) is 11.8 Å². The molecule has 0 aliphatic heterocycles. The van der Waals surface area contributed by atoms with E-state index in [1.54, 1.807) is 18.2 Å². The molecule has 1 aromatic heterocycles. The molecular formula is C21H17F2NO5. The van der Waals surface area contributed by atoms with E-state index in [2.05, 4.69) is 5.32 Å². The molecule has 2 aromatic carbocycles. The van der Waals surface area contributed by atoms with E-state index >= 15 is 0 Å². The molecule has 0 aliphatic carbocycles. The summed E-state index contributed by atoms with van der Waals surface area (Å²) in [6.07, 6.45) is -1.19. The molecule has 0 bridgehead atoms. The molecule has 0 aliphatic rings. The number of furan rings is 1. The Bertz CT molecular complexity index is 1000. The van der Waals surface area contributed by atoms with E-state index in [4.69, 9.17) is 13.9 Å². The fourth-order valence-electron chi connectivity index (χ4n) is 2.33. The largest absolute Gasteiger partial charge is 0.486 e. The molecule has 0 saturated heterocycles. The number of ether oxygens (including phenoxy) is 2. The normalized spacial score (nSPS) is 11.6. The van der Waals surface area contributed by atoms with Gasteiger partial charge in [0.25, 0.3) is 5.91 Å². The number of rotatable bonds is 7. The van der Waals surface area contributed by atoms with Crippen LogP contribution in [0.15, 0.2) is 65.1 Å². The quantitative estimate of drug-likeness (QED) is 0.597. The van der Waals surface area contributed by atoms with Gasteiger partial charge in [0.1, 0.15) is 18.1 Å². The Morgan fingerprint density at radius 2 is 1.79 bits per heavy atom. The van der Waals surface area contributed by atoms with Gasteiger partial charge >= 0.3 is 5.97 Å². The third kappa shape index (κ3) is 5.41. The Morgan fingerprint density at radius 1 is 1.03 bits per heavy atom. The molecular weight excluding hydrogens is 384 g/mol. The van der Waals surface area contributed by atoms with Crippen LogP contribution in [0.25, 0.3) is 0 Å². The fraction of sp³-hybridized carbons (Fsp3) is 0.143. The number of amides is 1. The number of esters is 1. The number of carbonyl (C=O) groups excluding carboxylic acids is 2. The number of hydrogen-bond acceptors (Lipinski definition) is 5. The second-order valence-electron chi connectivity index (χ2n) is 6.03. The van der Waals surface area contributed by atoms with E-state index in [1.807, 2.05) is 18.2 Å². The Labute approximate surface area is 165 Å². The maximum absolute atomic E-state index is 13.2. The second-order valence-corrected chi connectivity index (χ2v) is 6.03. The van der Waals surface area contributed by atoms with E-state index in [1.165, 1.54) is 19.1 Å². The SMILES string of the molecule is C[C@H](OC(=O)c1ccc(COc2ccccc2)o1)C(=O)Nc1ccc(F)c(F)c1. The Hall–Kier alpha value is -3.68. The first-order valence-electron chi connectivity index (χ1n) is 8.66. The van der Waals surface area contributed by atoms with Crippen molar-refractivity contribution in [2.75, 3.05) is 5.32 Å². The molecule has 1 N–H and O–H groups in total. The van der Waals surface area contributed by atoms with Crippen molar-refractivity contribution in [3.8, 4) is 5.75 Å². The molecule has 8 heteroatoms. The summed E-state index contributed by atoms with van der Waals surface area (Å²) in [6.45, 7) is 1.46. The van der Waals surface area contributed by atoms with Gasteiger partial charge in [-0.05, 0) is 43.3 Å². The Morgan fingerprint density at radius 3 is 2.52 bits per heavy atom.